The van der Waals surface area contributed by atoms with Crippen molar-refractivity contribution in [2.75, 3.05) is 5.32 Å². The standard InChI is InChI=1S/C17H15N5OS/c1-2-9-18-17(24)22-15-8-7-13-16(21-15)20-14(10-19-13)11-3-5-12(23)6-4-11/h2-10,23H,1H3,(H2,18,20,21,22,24)/b9-2-. The molecule has 120 valence electrons. The molecule has 3 aromatic rings. The summed E-state index contributed by atoms with van der Waals surface area (Å²) in [4.78, 5) is 13.3. The molecule has 2 aromatic heterocycles. The number of aromatic nitrogens is 3. The van der Waals surface area contributed by atoms with Crippen LogP contribution in [0.2, 0.25) is 0 Å². The van der Waals surface area contributed by atoms with E-state index in [2.05, 4.69) is 25.6 Å². The number of benzene rings is 1. The van der Waals surface area contributed by atoms with Crippen molar-refractivity contribution in [2.45, 2.75) is 6.92 Å². The number of pyridine rings is 1. The molecule has 1 aromatic carbocycles. The highest BCUT2D eigenvalue weighted by molar-refractivity contribution is 7.80. The third-order valence-electron chi connectivity index (χ3n) is 3.19. The number of nitrogens with zero attached hydrogens (tertiary/aromatic N) is 3. The van der Waals surface area contributed by atoms with E-state index < -0.39 is 0 Å². The fourth-order valence-electron chi connectivity index (χ4n) is 2.05. The molecule has 3 rings (SSSR count). The topological polar surface area (TPSA) is 83.0 Å². The normalized spacial score (nSPS) is 10.9. The number of phenols is 1. The third kappa shape index (κ3) is 3.64. The first kappa shape index (κ1) is 15.8. The van der Waals surface area contributed by atoms with E-state index in [1.807, 2.05) is 19.1 Å². The van der Waals surface area contributed by atoms with Crippen molar-refractivity contribution >= 4 is 34.3 Å². The second-order valence-electron chi connectivity index (χ2n) is 4.94. The smallest absolute Gasteiger partial charge is 0.180 e. The molecule has 0 atom stereocenters. The van der Waals surface area contributed by atoms with Gasteiger partial charge >= 0.3 is 0 Å². The van der Waals surface area contributed by atoms with E-state index in [1.165, 1.54) is 0 Å². The first-order valence-electron chi connectivity index (χ1n) is 7.27. The van der Waals surface area contributed by atoms with E-state index in [-0.39, 0.29) is 5.75 Å². The number of anilines is 1. The van der Waals surface area contributed by atoms with Gasteiger partial charge in [-0.2, -0.15) is 0 Å². The Bertz CT molecular complexity index is 909. The molecule has 24 heavy (non-hydrogen) atoms. The molecule has 0 aliphatic carbocycles. The molecule has 7 heteroatoms. The average molecular weight is 337 g/mol. The second kappa shape index (κ2) is 7.01. The first-order chi connectivity index (χ1) is 11.7. The van der Waals surface area contributed by atoms with Gasteiger partial charge in [-0.15, -0.1) is 0 Å². The van der Waals surface area contributed by atoms with E-state index in [9.17, 15) is 5.11 Å². The van der Waals surface area contributed by atoms with E-state index in [0.29, 0.717) is 27.8 Å². The summed E-state index contributed by atoms with van der Waals surface area (Å²) in [6.45, 7) is 1.89. The lowest BCUT2D eigenvalue weighted by atomic mass is 10.1. The predicted octanol–water partition coefficient (Wildman–Crippen LogP) is 3.22. The third-order valence-corrected chi connectivity index (χ3v) is 3.41. The van der Waals surface area contributed by atoms with Crippen molar-refractivity contribution in [2.24, 2.45) is 0 Å². The summed E-state index contributed by atoms with van der Waals surface area (Å²) < 4.78 is 0. The number of fused-ring (bicyclic) bond motifs is 1. The maximum atomic E-state index is 9.38. The van der Waals surface area contributed by atoms with Gasteiger partial charge in [0.25, 0.3) is 0 Å². The molecule has 3 N–H and O–H groups in total. The van der Waals surface area contributed by atoms with Gasteiger partial charge in [-0.1, -0.05) is 6.08 Å². The zero-order valence-corrected chi connectivity index (χ0v) is 13.7. The Balaban J connectivity index is 1.90. The minimum Gasteiger partial charge on any atom is -0.508 e. The van der Waals surface area contributed by atoms with E-state index >= 15 is 0 Å². The van der Waals surface area contributed by atoms with Crippen LogP contribution >= 0.6 is 12.2 Å². The SMILES string of the molecule is C/C=C\NC(=S)Nc1ccc2ncc(-c3ccc(O)cc3)nc2n1. The van der Waals surface area contributed by atoms with Gasteiger partial charge in [0.1, 0.15) is 17.1 Å². The molecule has 0 saturated carbocycles. The summed E-state index contributed by atoms with van der Waals surface area (Å²) in [7, 11) is 0. The van der Waals surface area contributed by atoms with Crippen LogP contribution < -0.4 is 10.6 Å². The number of hydrogen-bond donors (Lipinski definition) is 3. The van der Waals surface area contributed by atoms with Crippen LogP contribution in [0.15, 0.2) is 54.9 Å². The molecule has 0 unspecified atom stereocenters. The van der Waals surface area contributed by atoms with Crippen molar-refractivity contribution < 1.29 is 5.11 Å². The van der Waals surface area contributed by atoms with E-state index in [0.717, 1.165) is 5.56 Å². The summed E-state index contributed by atoms with van der Waals surface area (Å²) in [5, 5.41) is 15.7. The Morgan fingerprint density at radius 3 is 2.67 bits per heavy atom. The zero-order chi connectivity index (χ0) is 16.9. The maximum absolute atomic E-state index is 9.38. The molecule has 0 bridgehead atoms. The summed E-state index contributed by atoms with van der Waals surface area (Å²) in [6.07, 6.45) is 5.26. The maximum Gasteiger partial charge on any atom is 0.180 e. The zero-order valence-electron chi connectivity index (χ0n) is 12.9. The quantitative estimate of drug-likeness (QED) is 0.633. The summed E-state index contributed by atoms with van der Waals surface area (Å²) >= 11 is 5.17. The van der Waals surface area contributed by atoms with Gasteiger partial charge in [0, 0.05) is 5.56 Å². The molecule has 0 amide bonds. The number of thiocarbonyl (C=S) groups is 1. The number of nitrogens with one attached hydrogen (secondary N) is 2. The highest BCUT2D eigenvalue weighted by Crippen LogP contribution is 2.21. The number of hydrogen-bond acceptors (Lipinski definition) is 5. The molecule has 0 spiro atoms. The van der Waals surface area contributed by atoms with Crippen molar-refractivity contribution in [3.8, 4) is 17.0 Å². The van der Waals surface area contributed by atoms with Crippen LogP contribution in [0.1, 0.15) is 6.92 Å². The molecule has 6 nitrogen and oxygen atoms in total. The number of aromatic hydroxyl groups is 1. The highest BCUT2D eigenvalue weighted by Gasteiger charge is 2.06. The Hall–Kier alpha value is -3.06. The Morgan fingerprint density at radius 1 is 1.12 bits per heavy atom. The minimum atomic E-state index is 0.208. The molecule has 0 aliphatic heterocycles. The van der Waals surface area contributed by atoms with Crippen LogP contribution in [0.4, 0.5) is 5.82 Å². The van der Waals surface area contributed by atoms with Gasteiger partial charge in [0.2, 0.25) is 0 Å². The molecular formula is C17H15N5OS. The van der Waals surface area contributed by atoms with Crippen LogP contribution in [0.5, 0.6) is 5.75 Å². The predicted molar refractivity (Wildman–Crippen MR) is 98.6 cm³/mol. The van der Waals surface area contributed by atoms with Crippen LogP contribution in [0.3, 0.4) is 0 Å². The van der Waals surface area contributed by atoms with Gasteiger partial charge in [-0.25, -0.2) is 9.97 Å². The fraction of sp³-hybridized carbons (Fsp3) is 0.0588. The van der Waals surface area contributed by atoms with Crippen LogP contribution in [-0.4, -0.2) is 25.2 Å². The molecule has 0 saturated heterocycles. The number of allylic oxidation sites excluding steroid dienone is 1. The summed E-state index contributed by atoms with van der Waals surface area (Å²) in [5.74, 6) is 0.793. The van der Waals surface area contributed by atoms with Crippen LogP contribution in [0.25, 0.3) is 22.4 Å². The Labute approximate surface area is 144 Å². The van der Waals surface area contributed by atoms with Crippen LogP contribution in [0, 0.1) is 0 Å². The Morgan fingerprint density at radius 2 is 1.92 bits per heavy atom. The average Bonchev–Trinajstić information content (AvgIpc) is 2.60. The summed E-state index contributed by atoms with van der Waals surface area (Å²) in [6, 6.07) is 10.4. The van der Waals surface area contributed by atoms with Gasteiger partial charge < -0.3 is 15.7 Å². The lowest BCUT2D eigenvalue weighted by Crippen LogP contribution is -2.23. The molecule has 0 fully saturated rings. The molecule has 2 heterocycles. The molecular weight excluding hydrogens is 322 g/mol. The monoisotopic (exact) mass is 337 g/mol. The number of phenolic OH excluding ortho intramolecular Hbond substituents is 1. The van der Waals surface area contributed by atoms with Crippen molar-refractivity contribution in [3.05, 3.63) is 54.9 Å². The molecule has 0 aliphatic rings. The van der Waals surface area contributed by atoms with E-state index in [4.69, 9.17) is 12.2 Å². The van der Waals surface area contributed by atoms with Gasteiger partial charge in [0.05, 0.1) is 11.9 Å². The summed E-state index contributed by atoms with van der Waals surface area (Å²) in [5.41, 5.74) is 2.74. The first-order valence-corrected chi connectivity index (χ1v) is 7.68. The second-order valence-corrected chi connectivity index (χ2v) is 5.35. The van der Waals surface area contributed by atoms with Crippen LogP contribution in [-0.2, 0) is 0 Å². The van der Waals surface area contributed by atoms with Crippen molar-refractivity contribution in [1.82, 2.24) is 20.3 Å². The van der Waals surface area contributed by atoms with Crippen molar-refractivity contribution in [3.63, 3.8) is 0 Å². The minimum absolute atomic E-state index is 0.208. The van der Waals surface area contributed by atoms with E-state index in [1.54, 1.807) is 42.7 Å². The van der Waals surface area contributed by atoms with Gasteiger partial charge in [-0.05, 0) is 61.7 Å². The Kier molecular flexibility index (Phi) is 4.62. The molecule has 0 radical (unpaired) electrons. The number of rotatable bonds is 3. The highest BCUT2D eigenvalue weighted by atomic mass is 32.1. The largest absolute Gasteiger partial charge is 0.508 e. The lowest BCUT2D eigenvalue weighted by Gasteiger charge is -2.08. The fourth-order valence-corrected chi connectivity index (χ4v) is 2.22. The van der Waals surface area contributed by atoms with Gasteiger partial charge in [-0.3, -0.25) is 4.98 Å². The lowest BCUT2D eigenvalue weighted by molar-refractivity contribution is 0.475. The van der Waals surface area contributed by atoms with Crippen molar-refractivity contribution in [1.29, 1.82) is 0 Å². The van der Waals surface area contributed by atoms with Gasteiger partial charge in [0.15, 0.2) is 10.8 Å².